The van der Waals surface area contributed by atoms with Gasteiger partial charge in [-0.3, -0.25) is 5.10 Å². The fourth-order valence-corrected chi connectivity index (χ4v) is 2.17. The van der Waals surface area contributed by atoms with Gasteiger partial charge in [0.2, 0.25) is 0 Å². The second-order valence-electron chi connectivity index (χ2n) is 4.25. The molecule has 2 rings (SSSR count). The summed E-state index contributed by atoms with van der Waals surface area (Å²) >= 11 is 3.55. The first-order valence-electron chi connectivity index (χ1n) is 5.58. The van der Waals surface area contributed by atoms with Crippen LogP contribution in [0.3, 0.4) is 0 Å². The first-order chi connectivity index (χ1) is 8.08. The van der Waals surface area contributed by atoms with Gasteiger partial charge in [0.15, 0.2) is 0 Å². The van der Waals surface area contributed by atoms with Gasteiger partial charge >= 0.3 is 0 Å². The zero-order valence-electron chi connectivity index (χ0n) is 10.3. The molecule has 1 aromatic carbocycles. The number of halogens is 1. The summed E-state index contributed by atoms with van der Waals surface area (Å²) in [7, 11) is 0. The minimum atomic E-state index is 0.806. The zero-order valence-corrected chi connectivity index (χ0v) is 11.9. The van der Waals surface area contributed by atoms with E-state index in [1.807, 2.05) is 13.8 Å². The van der Waals surface area contributed by atoms with Gasteiger partial charge in [0.1, 0.15) is 0 Å². The summed E-state index contributed by atoms with van der Waals surface area (Å²) in [4.78, 5) is 0. The molecule has 3 nitrogen and oxygen atoms in total. The number of rotatable bonds is 3. The average molecular weight is 294 g/mol. The fraction of sp³-hybridized carbons (Fsp3) is 0.308. The van der Waals surface area contributed by atoms with E-state index in [0.717, 1.165) is 28.1 Å². The van der Waals surface area contributed by atoms with Crippen LogP contribution in [0, 0.1) is 20.8 Å². The number of nitrogens with zero attached hydrogens (tertiary/aromatic N) is 1. The molecule has 17 heavy (non-hydrogen) atoms. The lowest BCUT2D eigenvalue weighted by Crippen LogP contribution is -2.01. The highest BCUT2D eigenvalue weighted by Gasteiger charge is 2.05. The van der Waals surface area contributed by atoms with Crippen molar-refractivity contribution in [2.75, 3.05) is 5.32 Å². The van der Waals surface area contributed by atoms with E-state index in [9.17, 15) is 0 Å². The smallest absolute Gasteiger partial charge is 0.0825 e. The average Bonchev–Trinajstić information content (AvgIpc) is 2.61. The predicted octanol–water partition coefficient (Wildman–Crippen LogP) is 3.71. The van der Waals surface area contributed by atoms with Gasteiger partial charge in [0.05, 0.1) is 17.1 Å². The van der Waals surface area contributed by atoms with Crippen LogP contribution in [0.15, 0.2) is 22.7 Å². The maximum atomic E-state index is 4.16. The molecule has 0 saturated carbocycles. The number of nitrogens with one attached hydrogen (secondary N) is 2. The lowest BCUT2D eigenvalue weighted by atomic mass is 10.1. The molecule has 0 aliphatic rings. The molecule has 0 amide bonds. The third kappa shape index (κ3) is 2.69. The maximum absolute atomic E-state index is 4.16. The minimum Gasteiger partial charge on any atom is -0.378 e. The molecule has 1 heterocycles. The predicted molar refractivity (Wildman–Crippen MR) is 74.3 cm³/mol. The van der Waals surface area contributed by atoms with Gasteiger partial charge in [-0.2, -0.15) is 5.10 Å². The Morgan fingerprint density at radius 1 is 1.29 bits per heavy atom. The molecule has 90 valence electrons. The standard InChI is InChI=1S/C13H16BrN3/c1-8-4-5-11(6-12(8)14)7-15-13-9(2)16-17-10(13)3/h4-6,15H,7H2,1-3H3,(H,16,17). The topological polar surface area (TPSA) is 40.7 Å². The van der Waals surface area contributed by atoms with E-state index in [2.05, 4.69) is 56.6 Å². The second kappa shape index (κ2) is 4.92. The molecular weight excluding hydrogens is 278 g/mol. The molecule has 0 radical (unpaired) electrons. The third-order valence-electron chi connectivity index (χ3n) is 2.83. The Balaban J connectivity index is 2.10. The molecule has 2 N–H and O–H groups in total. The lowest BCUT2D eigenvalue weighted by Gasteiger charge is -2.08. The number of aromatic nitrogens is 2. The van der Waals surface area contributed by atoms with Gasteiger partial charge in [-0.1, -0.05) is 28.1 Å². The molecule has 0 spiro atoms. The van der Waals surface area contributed by atoms with Crippen molar-refractivity contribution >= 4 is 21.6 Å². The molecule has 0 unspecified atom stereocenters. The quantitative estimate of drug-likeness (QED) is 0.906. The Bertz CT molecular complexity index is 512. The summed E-state index contributed by atoms with van der Waals surface area (Å²) in [5.74, 6) is 0. The van der Waals surface area contributed by atoms with E-state index in [-0.39, 0.29) is 0 Å². The molecule has 0 saturated heterocycles. The van der Waals surface area contributed by atoms with Crippen LogP contribution in [0.2, 0.25) is 0 Å². The monoisotopic (exact) mass is 293 g/mol. The Kier molecular flexibility index (Phi) is 3.52. The van der Waals surface area contributed by atoms with Gasteiger partial charge < -0.3 is 5.32 Å². The number of H-pyrrole nitrogens is 1. The van der Waals surface area contributed by atoms with Crippen LogP contribution in [0.1, 0.15) is 22.5 Å². The van der Waals surface area contributed by atoms with Crippen molar-refractivity contribution in [2.24, 2.45) is 0 Å². The molecule has 0 bridgehead atoms. The van der Waals surface area contributed by atoms with Crippen molar-refractivity contribution in [2.45, 2.75) is 27.3 Å². The summed E-state index contributed by atoms with van der Waals surface area (Å²) in [6.45, 7) is 6.91. The van der Waals surface area contributed by atoms with Gasteiger partial charge in [-0.15, -0.1) is 0 Å². The van der Waals surface area contributed by atoms with Crippen LogP contribution in [-0.4, -0.2) is 10.2 Å². The van der Waals surface area contributed by atoms with Crippen molar-refractivity contribution in [3.8, 4) is 0 Å². The number of benzene rings is 1. The van der Waals surface area contributed by atoms with E-state index in [4.69, 9.17) is 0 Å². The van der Waals surface area contributed by atoms with Crippen molar-refractivity contribution in [1.82, 2.24) is 10.2 Å². The maximum Gasteiger partial charge on any atom is 0.0825 e. The molecule has 0 aliphatic heterocycles. The van der Waals surface area contributed by atoms with Gasteiger partial charge in [-0.05, 0) is 38.0 Å². The van der Waals surface area contributed by atoms with Crippen molar-refractivity contribution in [3.63, 3.8) is 0 Å². The Hall–Kier alpha value is -1.29. The molecule has 2 aromatic rings. The van der Waals surface area contributed by atoms with Crippen molar-refractivity contribution in [3.05, 3.63) is 45.2 Å². The first-order valence-corrected chi connectivity index (χ1v) is 6.37. The summed E-state index contributed by atoms with van der Waals surface area (Å²) in [5.41, 5.74) is 5.69. The number of hydrogen-bond donors (Lipinski definition) is 2. The largest absolute Gasteiger partial charge is 0.378 e. The van der Waals surface area contributed by atoms with E-state index in [1.165, 1.54) is 11.1 Å². The Labute approximate surface area is 110 Å². The van der Waals surface area contributed by atoms with Crippen LogP contribution in [-0.2, 0) is 6.54 Å². The highest BCUT2D eigenvalue weighted by Crippen LogP contribution is 2.20. The van der Waals surface area contributed by atoms with Gasteiger partial charge in [-0.25, -0.2) is 0 Å². The SMILES string of the molecule is Cc1ccc(CNc2c(C)n[nH]c2C)cc1Br. The van der Waals surface area contributed by atoms with Crippen LogP contribution in [0.4, 0.5) is 5.69 Å². The third-order valence-corrected chi connectivity index (χ3v) is 3.69. The summed E-state index contributed by atoms with van der Waals surface area (Å²) in [6, 6.07) is 6.40. The molecule has 0 aliphatic carbocycles. The molecule has 0 fully saturated rings. The summed E-state index contributed by atoms with van der Waals surface area (Å²) in [6.07, 6.45) is 0. The normalized spacial score (nSPS) is 10.6. The van der Waals surface area contributed by atoms with Gasteiger partial charge in [0.25, 0.3) is 0 Å². The number of anilines is 1. The molecule has 4 heteroatoms. The minimum absolute atomic E-state index is 0.806. The highest BCUT2D eigenvalue weighted by molar-refractivity contribution is 9.10. The Morgan fingerprint density at radius 3 is 2.65 bits per heavy atom. The van der Waals surface area contributed by atoms with E-state index in [0.29, 0.717) is 0 Å². The summed E-state index contributed by atoms with van der Waals surface area (Å²) in [5, 5.41) is 10.5. The number of aryl methyl sites for hydroxylation is 3. The van der Waals surface area contributed by atoms with Crippen molar-refractivity contribution < 1.29 is 0 Å². The van der Waals surface area contributed by atoms with Gasteiger partial charge in [0, 0.05) is 11.0 Å². The lowest BCUT2D eigenvalue weighted by molar-refractivity contribution is 1.02. The Morgan fingerprint density at radius 2 is 2.06 bits per heavy atom. The molecular formula is C13H16BrN3. The molecule has 1 aromatic heterocycles. The van der Waals surface area contributed by atoms with E-state index in [1.54, 1.807) is 0 Å². The van der Waals surface area contributed by atoms with Crippen LogP contribution in [0.5, 0.6) is 0 Å². The highest BCUT2D eigenvalue weighted by atomic mass is 79.9. The second-order valence-corrected chi connectivity index (χ2v) is 5.10. The van der Waals surface area contributed by atoms with E-state index >= 15 is 0 Å². The van der Waals surface area contributed by atoms with Crippen LogP contribution >= 0.6 is 15.9 Å². The fourth-order valence-electron chi connectivity index (χ4n) is 1.75. The van der Waals surface area contributed by atoms with Crippen LogP contribution < -0.4 is 5.32 Å². The van der Waals surface area contributed by atoms with E-state index < -0.39 is 0 Å². The van der Waals surface area contributed by atoms with Crippen LogP contribution in [0.25, 0.3) is 0 Å². The number of aromatic amines is 1. The summed E-state index contributed by atoms with van der Waals surface area (Å²) < 4.78 is 1.15. The molecule has 0 atom stereocenters. The number of hydrogen-bond acceptors (Lipinski definition) is 2. The zero-order chi connectivity index (χ0) is 12.4. The first kappa shape index (κ1) is 12.2. The van der Waals surface area contributed by atoms with Crippen molar-refractivity contribution in [1.29, 1.82) is 0 Å².